The lowest BCUT2D eigenvalue weighted by molar-refractivity contribution is -0.138. The Bertz CT molecular complexity index is 1500. The van der Waals surface area contributed by atoms with Gasteiger partial charge in [0, 0.05) is 30.0 Å². The van der Waals surface area contributed by atoms with Gasteiger partial charge in [-0.1, -0.05) is 37.4 Å². The number of unbranched alkanes of at least 4 members (excludes halogenated alkanes) is 6. The Balaban J connectivity index is 1.29. The topological polar surface area (TPSA) is 126 Å². The summed E-state index contributed by atoms with van der Waals surface area (Å²) >= 11 is 0. The first-order valence-electron chi connectivity index (χ1n) is 17.4. The molecule has 0 aliphatic heterocycles. The van der Waals surface area contributed by atoms with Gasteiger partial charge in [0.25, 0.3) is 0 Å². The van der Waals surface area contributed by atoms with Gasteiger partial charge in [0.1, 0.15) is 17.2 Å². The highest BCUT2D eigenvalue weighted by Crippen LogP contribution is 2.18. The summed E-state index contributed by atoms with van der Waals surface area (Å²) in [6, 6.07) is 21.4. The van der Waals surface area contributed by atoms with Gasteiger partial charge in [-0.2, -0.15) is 0 Å². The van der Waals surface area contributed by atoms with Crippen LogP contribution in [0, 0.1) is 0 Å². The zero-order valence-corrected chi connectivity index (χ0v) is 29.5. The second-order valence-electron chi connectivity index (χ2n) is 11.5. The van der Waals surface area contributed by atoms with Crippen molar-refractivity contribution in [2.75, 3.05) is 31.7 Å². The van der Waals surface area contributed by atoms with Gasteiger partial charge in [-0.05, 0) is 123 Å². The molecule has 1 N–H and O–H groups in total. The molecule has 10 nitrogen and oxygen atoms in total. The highest BCUT2D eigenvalue weighted by atomic mass is 16.5. The highest BCUT2D eigenvalue weighted by molar-refractivity contribution is 6.02. The second kappa shape index (κ2) is 24.3. The van der Waals surface area contributed by atoms with Crippen LogP contribution in [0.25, 0.3) is 12.2 Å². The van der Waals surface area contributed by atoms with E-state index in [1.807, 2.05) is 48.5 Å². The van der Waals surface area contributed by atoms with E-state index in [9.17, 15) is 19.2 Å². The first-order valence-corrected chi connectivity index (χ1v) is 17.4. The minimum Gasteiger partial charge on any atom is -0.494 e. The summed E-state index contributed by atoms with van der Waals surface area (Å²) < 4.78 is 26.8. The van der Waals surface area contributed by atoms with Crippen LogP contribution in [0.3, 0.4) is 0 Å². The molecule has 274 valence electrons. The Labute approximate surface area is 305 Å². The summed E-state index contributed by atoms with van der Waals surface area (Å²) in [7, 11) is 0. The number of ether oxygens (including phenoxy) is 5. The lowest BCUT2D eigenvalue weighted by Crippen LogP contribution is -2.08. The third-order valence-electron chi connectivity index (χ3n) is 7.38. The fraction of sp³-hybridized carbons (Fsp3) is 0.286. The fourth-order valence-electron chi connectivity index (χ4n) is 4.59. The van der Waals surface area contributed by atoms with Gasteiger partial charge in [-0.15, -0.1) is 0 Å². The van der Waals surface area contributed by atoms with Gasteiger partial charge < -0.3 is 29.0 Å². The van der Waals surface area contributed by atoms with E-state index in [0.717, 1.165) is 86.1 Å². The van der Waals surface area contributed by atoms with Crippen LogP contribution in [-0.4, -0.2) is 50.2 Å². The lowest BCUT2D eigenvalue weighted by Gasteiger charge is -2.07. The molecule has 0 aliphatic rings. The summed E-state index contributed by atoms with van der Waals surface area (Å²) in [6.07, 6.45) is 15.7. The van der Waals surface area contributed by atoms with Gasteiger partial charge in [-0.25, -0.2) is 14.4 Å². The number of carbonyl (C=O) groups is 4. The molecule has 3 aromatic carbocycles. The van der Waals surface area contributed by atoms with E-state index in [2.05, 4.69) is 18.5 Å². The highest BCUT2D eigenvalue weighted by Gasteiger charge is 2.04. The molecule has 0 aliphatic carbocycles. The van der Waals surface area contributed by atoms with Crippen LogP contribution in [0.5, 0.6) is 17.2 Å². The maximum atomic E-state index is 12.4. The molecule has 0 fully saturated rings. The van der Waals surface area contributed by atoms with Crippen molar-refractivity contribution in [2.24, 2.45) is 0 Å². The fourth-order valence-corrected chi connectivity index (χ4v) is 4.59. The number of nitrogens with one attached hydrogen (secondary N) is 1. The number of hydrogen-bond acceptors (Lipinski definition) is 9. The Morgan fingerprint density at radius 2 is 0.923 bits per heavy atom. The van der Waals surface area contributed by atoms with Crippen molar-refractivity contribution >= 4 is 41.7 Å². The molecule has 0 spiro atoms. The molecule has 0 bridgehead atoms. The normalized spacial score (nSPS) is 10.8. The van der Waals surface area contributed by atoms with Crippen LogP contribution < -0.4 is 19.5 Å². The molecule has 0 radical (unpaired) electrons. The van der Waals surface area contributed by atoms with Crippen molar-refractivity contribution < 1.29 is 42.9 Å². The Morgan fingerprint density at radius 1 is 0.500 bits per heavy atom. The largest absolute Gasteiger partial charge is 0.494 e. The average Bonchev–Trinajstić information content (AvgIpc) is 3.16. The molecule has 0 atom stereocenters. The van der Waals surface area contributed by atoms with Gasteiger partial charge in [0.15, 0.2) is 0 Å². The third-order valence-corrected chi connectivity index (χ3v) is 7.38. The van der Waals surface area contributed by atoms with Crippen LogP contribution in [0.15, 0.2) is 110 Å². The zero-order valence-electron chi connectivity index (χ0n) is 29.5. The second-order valence-corrected chi connectivity index (χ2v) is 11.5. The maximum absolute atomic E-state index is 12.4. The van der Waals surface area contributed by atoms with E-state index in [1.54, 1.807) is 36.4 Å². The van der Waals surface area contributed by atoms with Crippen LogP contribution in [0.1, 0.15) is 62.5 Å². The Morgan fingerprint density at radius 3 is 1.38 bits per heavy atom. The molecule has 0 heterocycles. The van der Waals surface area contributed by atoms with Crippen LogP contribution in [0.2, 0.25) is 0 Å². The molecule has 0 aromatic heterocycles. The number of hydrogen-bond donors (Lipinski definition) is 1. The predicted molar refractivity (Wildman–Crippen MR) is 202 cm³/mol. The standard InChI is InChI=1S/C42H47NO9/c1-3-40(45)50-31-11-7-5-9-29-48-36-21-13-33(14-22-36)17-27-39(44)43-35-19-25-38(26-20-35)52-42(47)28-18-34-15-23-37(24-16-34)49-30-10-6-8-12-32-51-41(46)4-2/h3-4,13-28H,1-2,5-12,29-32H2,(H,43,44). The monoisotopic (exact) mass is 709 g/mol. The summed E-state index contributed by atoms with van der Waals surface area (Å²) in [5, 5.41) is 2.79. The first kappa shape index (κ1) is 40.5. The lowest BCUT2D eigenvalue weighted by atomic mass is 10.2. The number of anilines is 1. The maximum Gasteiger partial charge on any atom is 0.336 e. The van der Waals surface area contributed by atoms with E-state index in [-0.39, 0.29) is 5.91 Å². The van der Waals surface area contributed by atoms with Crippen molar-refractivity contribution in [3.63, 3.8) is 0 Å². The van der Waals surface area contributed by atoms with Crippen LogP contribution in [-0.2, 0) is 28.7 Å². The number of esters is 3. The zero-order chi connectivity index (χ0) is 37.2. The van der Waals surface area contributed by atoms with E-state index in [0.29, 0.717) is 37.9 Å². The van der Waals surface area contributed by atoms with Gasteiger partial charge >= 0.3 is 17.9 Å². The Kier molecular flexibility index (Phi) is 18.9. The van der Waals surface area contributed by atoms with Crippen LogP contribution >= 0.6 is 0 Å². The number of carbonyl (C=O) groups excluding carboxylic acids is 4. The average molecular weight is 710 g/mol. The Hall–Kier alpha value is -5.90. The molecule has 3 rings (SSSR count). The van der Waals surface area contributed by atoms with Gasteiger partial charge in [0.2, 0.25) is 5.91 Å². The molecular weight excluding hydrogens is 662 g/mol. The van der Waals surface area contributed by atoms with E-state index < -0.39 is 17.9 Å². The molecule has 0 saturated carbocycles. The van der Waals surface area contributed by atoms with E-state index in [4.69, 9.17) is 23.7 Å². The summed E-state index contributed by atoms with van der Waals surface area (Å²) in [6.45, 7) is 8.71. The number of amides is 1. The van der Waals surface area contributed by atoms with E-state index in [1.165, 1.54) is 12.2 Å². The molecule has 10 heteroatoms. The van der Waals surface area contributed by atoms with Crippen molar-refractivity contribution in [1.29, 1.82) is 0 Å². The minimum absolute atomic E-state index is 0.302. The minimum atomic E-state index is -0.531. The summed E-state index contributed by atoms with van der Waals surface area (Å²) in [4.78, 5) is 46.8. The smallest absolute Gasteiger partial charge is 0.336 e. The molecule has 0 saturated heterocycles. The SMILES string of the molecule is C=CC(=O)OCCCCCCOc1ccc(C=CC(=O)Nc2ccc(OC(=O)C=Cc3ccc(OCCCCCCOC(=O)C=C)cc3)cc2)cc1. The summed E-state index contributed by atoms with van der Waals surface area (Å²) in [5.41, 5.74) is 2.22. The molecule has 1 amide bonds. The van der Waals surface area contributed by atoms with Crippen LogP contribution in [0.4, 0.5) is 5.69 Å². The van der Waals surface area contributed by atoms with Crippen molar-refractivity contribution in [1.82, 2.24) is 0 Å². The number of benzene rings is 3. The van der Waals surface area contributed by atoms with Crippen molar-refractivity contribution in [3.8, 4) is 17.2 Å². The molecule has 0 unspecified atom stereocenters. The predicted octanol–water partition coefficient (Wildman–Crippen LogP) is 8.29. The molecule has 52 heavy (non-hydrogen) atoms. The van der Waals surface area contributed by atoms with Gasteiger partial charge in [-0.3, -0.25) is 4.79 Å². The molecular formula is C42H47NO9. The third kappa shape index (κ3) is 17.7. The van der Waals surface area contributed by atoms with E-state index >= 15 is 0 Å². The number of rotatable bonds is 24. The van der Waals surface area contributed by atoms with Crippen molar-refractivity contribution in [3.05, 3.63) is 121 Å². The quantitative estimate of drug-likeness (QED) is 0.0423. The van der Waals surface area contributed by atoms with Crippen molar-refractivity contribution in [2.45, 2.75) is 51.4 Å². The summed E-state index contributed by atoms with van der Waals surface area (Å²) in [5.74, 6) is 0.215. The molecule has 3 aromatic rings. The van der Waals surface area contributed by atoms with Gasteiger partial charge in [0.05, 0.1) is 26.4 Å². The first-order chi connectivity index (χ1) is 25.3.